The summed E-state index contributed by atoms with van der Waals surface area (Å²) in [5, 5.41) is 6.45. The molecule has 0 radical (unpaired) electrons. The Balaban J connectivity index is 1.42. The van der Waals surface area contributed by atoms with E-state index in [1.54, 1.807) is 11.8 Å². The van der Waals surface area contributed by atoms with Gasteiger partial charge in [0.15, 0.2) is 5.82 Å². The molecule has 2 aromatic rings. The SMILES string of the molecule is C[C@H](Nc1nc(N2CCN(C(=O)C3CCC(=O)N3)CC2)ncc1Cl)c1cc(F)c(Cl)cc1Cl. The van der Waals surface area contributed by atoms with Gasteiger partial charge in [0.1, 0.15) is 16.9 Å². The molecular formula is C21H22Cl3FN6O2. The van der Waals surface area contributed by atoms with Crippen molar-refractivity contribution in [1.29, 1.82) is 0 Å². The molecule has 1 unspecified atom stereocenters. The summed E-state index contributed by atoms with van der Waals surface area (Å²) in [7, 11) is 0. The van der Waals surface area contributed by atoms with E-state index in [1.165, 1.54) is 18.3 Å². The average Bonchev–Trinajstić information content (AvgIpc) is 3.23. The maximum absolute atomic E-state index is 13.9. The summed E-state index contributed by atoms with van der Waals surface area (Å²) in [4.78, 5) is 36.6. The third-order valence-electron chi connectivity index (χ3n) is 5.76. The number of anilines is 2. The molecule has 0 bridgehead atoms. The molecule has 2 fully saturated rings. The monoisotopic (exact) mass is 514 g/mol. The number of rotatable bonds is 5. The molecule has 0 aliphatic carbocycles. The summed E-state index contributed by atoms with van der Waals surface area (Å²) < 4.78 is 13.9. The van der Waals surface area contributed by atoms with E-state index in [9.17, 15) is 14.0 Å². The molecule has 33 heavy (non-hydrogen) atoms. The quantitative estimate of drug-likeness (QED) is 0.591. The van der Waals surface area contributed by atoms with Gasteiger partial charge in [-0.15, -0.1) is 0 Å². The van der Waals surface area contributed by atoms with Gasteiger partial charge in [0.25, 0.3) is 0 Å². The standard InChI is InChI=1S/C21H22Cl3FN6O2/c1-11(12-8-16(25)14(23)9-13(12)22)27-19-15(24)10-26-21(29-19)31-6-4-30(5-7-31)20(33)17-2-3-18(32)28-17/h8-11,17H,2-7H2,1H3,(H,28,32)(H,26,27,29)/t11-,17?/m0/s1. The van der Waals surface area contributed by atoms with Gasteiger partial charge in [0.05, 0.1) is 17.3 Å². The number of carbonyl (C=O) groups excluding carboxylic acids is 2. The molecule has 2 N–H and O–H groups in total. The van der Waals surface area contributed by atoms with Crippen LogP contribution in [-0.4, -0.2) is 58.9 Å². The van der Waals surface area contributed by atoms with E-state index < -0.39 is 17.9 Å². The van der Waals surface area contributed by atoms with Crippen molar-refractivity contribution in [2.75, 3.05) is 36.4 Å². The highest BCUT2D eigenvalue weighted by atomic mass is 35.5. The van der Waals surface area contributed by atoms with Crippen molar-refractivity contribution in [3.63, 3.8) is 0 Å². The minimum absolute atomic E-state index is 0.0498. The van der Waals surface area contributed by atoms with Crippen LogP contribution in [0, 0.1) is 5.82 Å². The number of aromatic nitrogens is 2. The van der Waals surface area contributed by atoms with Crippen LogP contribution in [0.15, 0.2) is 18.3 Å². The molecule has 1 aromatic carbocycles. The average molecular weight is 516 g/mol. The Labute approximate surface area is 205 Å². The van der Waals surface area contributed by atoms with E-state index in [4.69, 9.17) is 34.8 Å². The fourth-order valence-corrected chi connectivity index (χ4v) is 4.60. The number of hydrogen-bond acceptors (Lipinski definition) is 6. The lowest BCUT2D eigenvalue weighted by atomic mass is 10.1. The van der Waals surface area contributed by atoms with Crippen LogP contribution in [0.3, 0.4) is 0 Å². The van der Waals surface area contributed by atoms with Crippen LogP contribution < -0.4 is 15.5 Å². The minimum atomic E-state index is -0.566. The second-order valence-electron chi connectivity index (χ2n) is 7.99. The zero-order valence-electron chi connectivity index (χ0n) is 17.7. The van der Waals surface area contributed by atoms with E-state index in [2.05, 4.69) is 20.6 Å². The summed E-state index contributed by atoms with van der Waals surface area (Å²) in [6, 6.07) is 1.80. The Hall–Kier alpha value is -2.36. The fourth-order valence-electron chi connectivity index (χ4n) is 3.91. The Bertz CT molecular complexity index is 1080. The molecule has 3 heterocycles. The highest BCUT2D eigenvalue weighted by Gasteiger charge is 2.32. The summed E-state index contributed by atoms with van der Waals surface area (Å²) in [6.45, 7) is 3.87. The number of hydrogen-bond donors (Lipinski definition) is 2. The predicted octanol–water partition coefficient (Wildman–Crippen LogP) is 3.68. The molecule has 1 aromatic heterocycles. The summed E-state index contributed by atoms with van der Waals surface area (Å²) in [5.74, 6) is 0.138. The van der Waals surface area contributed by atoms with Crippen LogP contribution in [-0.2, 0) is 9.59 Å². The van der Waals surface area contributed by atoms with Gasteiger partial charge in [-0.1, -0.05) is 34.8 Å². The number of amides is 2. The highest BCUT2D eigenvalue weighted by Crippen LogP contribution is 2.32. The van der Waals surface area contributed by atoms with E-state index >= 15 is 0 Å². The lowest BCUT2D eigenvalue weighted by Crippen LogP contribution is -2.53. The molecule has 2 aliphatic rings. The molecular weight excluding hydrogens is 494 g/mol. The van der Waals surface area contributed by atoms with Crippen LogP contribution in [0.1, 0.15) is 31.4 Å². The van der Waals surface area contributed by atoms with Crippen molar-refractivity contribution in [3.05, 3.63) is 44.8 Å². The van der Waals surface area contributed by atoms with Crippen LogP contribution in [0.2, 0.25) is 15.1 Å². The zero-order chi connectivity index (χ0) is 23.7. The number of benzene rings is 1. The number of halogens is 4. The molecule has 176 valence electrons. The van der Waals surface area contributed by atoms with Crippen molar-refractivity contribution in [2.45, 2.75) is 31.8 Å². The first-order valence-corrected chi connectivity index (χ1v) is 11.6. The van der Waals surface area contributed by atoms with Gasteiger partial charge in [-0.05, 0) is 31.0 Å². The molecule has 2 aliphatic heterocycles. The van der Waals surface area contributed by atoms with Gasteiger partial charge in [-0.25, -0.2) is 9.37 Å². The first-order valence-electron chi connectivity index (χ1n) is 10.5. The minimum Gasteiger partial charge on any atom is -0.362 e. The number of carbonyl (C=O) groups is 2. The molecule has 2 saturated heterocycles. The van der Waals surface area contributed by atoms with E-state index in [0.29, 0.717) is 66.4 Å². The summed E-state index contributed by atoms with van der Waals surface area (Å²) >= 11 is 18.3. The van der Waals surface area contributed by atoms with Gasteiger partial charge in [0, 0.05) is 37.6 Å². The van der Waals surface area contributed by atoms with E-state index in [0.717, 1.165) is 0 Å². The van der Waals surface area contributed by atoms with Gasteiger partial charge in [-0.2, -0.15) is 4.98 Å². The molecule has 2 amide bonds. The van der Waals surface area contributed by atoms with Crippen molar-refractivity contribution in [2.24, 2.45) is 0 Å². The first kappa shape index (κ1) is 23.8. The van der Waals surface area contributed by atoms with Crippen molar-refractivity contribution < 1.29 is 14.0 Å². The Morgan fingerprint density at radius 2 is 1.91 bits per heavy atom. The van der Waals surface area contributed by atoms with Gasteiger partial charge < -0.3 is 20.4 Å². The molecule has 12 heteroatoms. The van der Waals surface area contributed by atoms with Crippen molar-refractivity contribution in [1.82, 2.24) is 20.2 Å². The number of nitrogens with one attached hydrogen (secondary N) is 2. The van der Waals surface area contributed by atoms with Crippen LogP contribution in [0.5, 0.6) is 0 Å². The normalized spacial score (nSPS) is 19.4. The lowest BCUT2D eigenvalue weighted by molar-refractivity contribution is -0.134. The van der Waals surface area contributed by atoms with E-state index in [-0.39, 0.29) is 16.8 Å². The third-order valence-corrected chi connectivity index (χ3v) is 6.65. The topological polar surface area (TPSA) is 90.5 Å². The van der Waals surface area contributed by atoms with Gasteiger partial charge in [-0.3, -0.25) is 9.59 Å². The predicted molar refractivity (Wildman–Crippen MR) is 125 cm³/mol. The van der Waals surface area contributed by atoms with Gasteiger partial charge >= 0.3 is 0 Å². The molecule has 2 atom stereocenters. The summed E-state index contributed by atoms with van der Waals surface area (Å²) in [5.41, 5.74) is 0.515. The van der Waals surface area contributed by atoms with Gasteiger partial charge in [0.2, 0.25) is 17.8 Å². The van der Waals surface area contributed by atoms with Crippen LogP contribution >= 0.6 is 34.8 Å². The highest BCUT2D eigenvalue weighted by molar-refractivity contribution is 6.35. The maximum atomic E-state index is 13.9. The number of nitrogens with zero attached hydrogens (tertiary/aromatic N) is 4. The van der Waals surface area contributed by atoms with Crippen molar-refractivity contribution >= 4 is 58.4 Å². The van der Waals surface area contributed by atoms with Crippen molar-refractivity contribution in [3.8, 4) is 0 Å². The smallest absolute Gasteiger partial charge is 0.245 e. The molecule has 4 rings (SSSR count). The first-order chi connectivity index (χ1) is 15.7. The second-order valence-corrected chi connectivity index (χ2v) is 9.21. The molecule has 0 saturated carbocycles. The lowest BCUT2D eigenvalue weighted by Gasteiger charge is -2.36. The Morgan fingerprint density at radius 1 is 1.18 bits per heavy atom. The summed E-state index contributed by atoms with van der Waals surface area (Å²) in [6.07, 6.45) is 2.42. The maximum Gasteiger partial charge on any atom is 0.245 e. The molecule has 8 nitrogen and oxygen atoms in total. The Morgan fingerprint density at radius 3 is 2.58 bits per heavy atom. The number of piperazine rings is 1. The van der Waals surface area contributed by atoms with Crippen LogP contribution in [0.25, 0.3) is 0 Å². The zero-order valence-corrected chi connectivity index (χ0v) is 20.0. The van der Waals surface area contributed by atoms with E-state index in [1.807, 2.05) is 4.90 Å². The Kier molecular flexibility index (Phi) is 7.11. The third kappa shape index (κ3) is 5.26. The van der Waals surface area contributed by atoms with Crippen LogP contribution in [0.4, 0.5) is 16.2 Å². The fraction of sp³-hybridized carbons (Fsp3) is 0.429. The largest absolute Gasteiger partial charge is 0.362 e. The second kappa shape index (κ2) is 9.87. The molecule has 0 spiro atoms.